The van der Waals surface area contributed by atoms with E-state index in [1.165, 1.54) is 0 Å². The average Bonchev–Trinajstić information content (AvgIpc) is 3.26. The number of nitrogens with one attached hydrogen (secondary N) is 1. The van der Waals surface area contributed by atoms with Gasteiger partial charge in [0.1, 0.15) is 30.8 Å². The van der Waals surface area contributed by atoms with Gasteiger partial charge >= 0.3 is 0 Å². The number of imidazole rings is 1. The third-order valence-corrected chi connectivity index (χ3v) is 5.10. The molecule has 2 atom stereocenters. The van der Waals surface area contributed by atoms with Crippen LogP contribution < -0.4 is 10.1 Å². The fourth-order valence-corrected chi connectivity index (χ4v) is 3.34. The summed E-state index contributed by atoms with van der Waals surface area (Å²) < 4.78 is 7.38. The molecule has 158 valence electrons. The van der Waals surface area contributed by atoms with Crippen molar-refractivity contribution < 1.29 is 19.7 Å². The second-order valence-corrected chi connectivity index (χ2v) is 7.26. The average molecular weight is 417 g/mol. The summed E-state index contributed by atoms with van der Waals surface area (Å²) in [5.41, 5.74) is 2.94. The van der Waals surface area contributed by atoms with E-state index in [9.17, 15) is 15.0 Å². The van der Waals surface area contributed by atoms with Crippen molar-refractivity contribution in [2.75, 3.05) is 13.2 Å². The van der Waals surface area contributed by atoms with Crippen LogP contribution in [-0.2, 0) is 11.4 Å². The van der Waals surface area contributed by atoms with Gasteiger partial charge in [-0.3, -0.25) is 4.79 Å². The van der Waals surface area contributed by atoms with Crippen LogP contribution in [0.1, 0.15) is 23.9 Å². The molecule has 2 aromatic carbocycles. The molecule has 7 heteroatoms. The van der Waals surface area contributed by atoms with Gasteiger partial charge in [0.2, 0.25) is 5.91 Å². The lowest BCUT2D eigenvalue weighted by Crippen LogP contribution is -2.51. The van der Waals surface area contributed by atoms with E-state index in [0.717, 1.165) is 22.4 Å². The normalized spacial score (nSPS) is 15.9. The summed E-state index contributed by atoms with van der Waals surface area (Å²) in [6.45, 7) is 0.100. The molecule has 7 nitrogen and oxygen atoms in total. The zero-order valence-electron chi connectivity index (χ0n) is 16.9. The first-order valence-corrected chi connectivity index (χ1v) is 10.0. The van der Waals surface area contributed by atoms with E-state index in [1.807, 2.05) is 48.5 Å². The van der Waals surface area contributed by atoms with Gasteiger partial charge in [-0.15, -0.1) is 0 Å². The molecule has 4 rings (SSSR count). The molecular formula is C24H23N3O4. The van der Waals surface area contributed by atoms with Crippen LogP contribution in [0.5, 0.6) is 5.75 Å². The number of aromatic nitrogens is 2. The fourth-order valence-electron chi connectivity index (χ4n) is 3.34. The number of hydrogen-bond donors (Lipinski definition) is 3. The van der Waals surface area contributed by atoms with Crippen molar-refractivity contribution in [2.24, 2.45) is 0 Å². The monoisotopic (exact) mass is 417 g/mol. The molecule has 1 aliphatic rings. The summed E-state index contributed by atoms with van der Waals surface area (Å²) in [7, 11) is 0. The zero-order chi connectivity index (χ0) is 21.6. The molecule has 1 fully saturated rings. The Balaban J connectivity index is 1.39. The highest BCUT2D eigenvalue weighted by atomic mass is 16.5. The van der Waals surface area contributed by atoms with E-state index < -0.39 is 6.04 Å². The SMILES string of the molecule is O=C1CC(COc2ccc(-c3ccc(C#CC(CO)n4ccnc4CO)cc3)cc2)N1. The molecule has 0 bridgehead atoms. The Morgan fingerprint density at radius 2 is 1.81 bits per heavy atom. The quantitative estimate of drug-likeness (QED) is 0.403. The molecule has 1 amide bonds. The standard InChI is InChI=1S/C24H23N3O4/c28-14-21(27-12-11-25-23(27)15-29)8-3-17-1-4-18(5-2-17)19-6-9-22(10-7-19)31-16-20-13-24(30)26-20/h1-2,4-7,9-12,20-21,28-29H,13-16H2,(H,26,30). The van der Waals surface area contributed by atoms with Crippen LogP contribution in [0.3, 0.4) is 0 Å². The van der Waals surface area contributed by atoms with E-state index in [0.29, 0.717) is 18.9 Å². The number of rotatable bonds is 7. The lowest BCUT2D eigenvalue weighted by atomic mass is 10.0. The Morgan fingerprint density at radius 1 is 1.13 bits per heavy atom. The lowest BCUT2D eigenvalue weighted by Gasteiger charge is -2.26. The molecule has 0 radical (unpaired) electrons. The van der Waals surface area contributed by atoms with E-state index in [4.69, 9.17) is 4.74 Å². The smallest absolute Gasteiger partial charge is 0.222 e. The Kier molecular flexibility index (Phi) is 6.32. The maximum Gasteiger partial charge on any atom is 0.222 e. The molecule has 1 aliphatic heterocycles. The van der Waals surface area contributed by atoms with Crippen LogP contribution in [0.25, 0.3) is 11.1 Å². The maximum absolute atomic E-state index is 10.9. The van der Waals surface area contributed by atoms with Crippen molar-refractivity contribution in [2.45, 2.75) is 25.1 Å². The summed E-state index contributed by atoms with van der Waals surface area (Å²) >= 11 is 0. The van der Waals surface area contributed by atoms with E-state index in [-0.39, 0.29) is 25.2 Å². The third kappa shape index (κ3) is 4.94. The number of hydrogen-bond acceptors (Lipinski definition) is 5. The summed E-state index contributed by atoms with van der Waals surface area (Å²) in [4.78, 5) is 15.0. The molecule has 3 aromatic rings. The van der Waals surface area contributed by atoms with Crippen LogP contribution in [0.4, 0.5) is 0 Å². The minimum Gasteiger partial charge on any atom is -0.491 e. The van der Waals surface area contributed by atoms with Crippen molar-refractivity contribution in [1.82, 2.24) is 14.9 Å². The first kappa shape index (κ1) is 20.7. The molecule has 1 saturated heterocycles. The van der Waals surface area contributed by atoms with Gasteiger partial charge in [-0.05, 0) is 35.4 Å². The van der Waals surface area contributed by atoms with Crippen molar-refractivity contribution in [3.05, 3.63) is 72.3 Å². The van der Waals surface area contributed by atoms with Crippen LogP contribution in [0.2, 0.25) is 0 Å². The predicted octanol–water partition coefficient (Wildman–Crippen LogP) is 1.89. The van der Waals surface area contributed by atoms with Crippen molar-refractivity contribution in [1.29, 1.82) is 0 Å². The van der Waals surface area contributed by atoms with E-state index in [1.54, 1.807) is 17.0 Å². The summed E-state index contributed by atoms with van der Waals surface area (Å²) in [5.74, 6) is 7.41. The molecule has 2 heterocycles. The Labute approximate surface area is 180 Å². The van der Waals surface area contributed by atoms with Gasteiger partial charge in [0.05, 0.1) is 19.1 Å². The van der Waals surface area contributed by atoms with Crippen molar-refractivity contribution in [3.63, 3.8) is 0 Å². The number of aliphatic hydroxyl groups is 2. The van der Waals surface area contributed by atoms with Gasteiger partial charge in [0.15, 0.2) is 0 Å². The molecular weight excluding hydrogens is 394 g/mol. The largest absolute Gasteiger partial charge is 0.491 e. The molecule has 0 saturated carbocycles. The van der Waals surface area contributed by atoms with Crippen LogP contribution in [0, 0.1) is 11.8 Å². The summed E-state index contributed by atoms with van der Waals surface area (Å²) in [6, 6.07) is 15.3. The highest BCUT2D eigenvalue weighted by Crippen LogP contribution is 2.23. The lowest BCUT2D eigenvalue weighted by molar-refractivity contribution is -0.128. The first-order valence-electron chi connectivity index (χ1n) is 10.0. The number of aliphatic hydroxyl groups excluding tert-OH is 2. The zero-order valence-corrected chi connectivity index (χ0v) is 16.9. The number of carbonyl (C=O) groups excluding carboxylic acids is 1. The van der Waals surface area contributed by atoms with Gasteiger partial charge in [0, 0.05) is 18.0 Å². The van der Waals surface area contributed by atoms with Gasteiger partial charge in [-0.2, -0.15) is 0 Å². The second-order valence-electron chi connectivity index (χ2n) is 7.26. The van der Waals surface area contributed by atoms with Crippen molar-refractivity contribution in [3.8, 4) is 28.7 Å². The molecule has 1 aromatic heterocycles. The highest BCUT2D eigenvalue weighted by Gasteiger charge is 2.25. The number of carbonyl (C=O) groups is 1. The Hall–Kier alpha value is -3.60. The Morgan fingerprint density at radius 3 is 2.42 bits per heavy atom. The van der Waals surface area contributed by atoms with Gasteiger partial charge in [-0.25, -0.2) is 4.98 Å². The third-order valence-electron chi connectivity index (χ3n) is 5.10. The minimum atomic E-state index is -0.467. The number of nitrogens with zero attached hydrogens (tertiary/aromatic N) is 2. The molecule has 3 N–H and O–H groups in total. The van der Waals surface area contributed by atoms with Gasteiger partial charge in [0.25, 0.3) is 0 Å². The summed E-state index contributed by atoms with van der Waals surface area (Å²) in [5, 5.41) is 21.8. The Bertz CT molecular complexity index is 1090. The summed E-state index contributed by atoms with van der Waals surface area (Å²) in [6.07, 6.45) is 3.79. The van der Waals surface area contributed by atoms with Crippen LogP contribution >= 0.6 is 0 Å². The van der Waals surface area contributed by atoms with Gasteiger partial charge in [-0.1, -0.05) is 36.1 Å². The fraction of sp³-hybridized carbons (Fsp3) is 0.250. The van der Waals surface area contributed by atoms with Gasteiger partial charge < -0.3 is 24.8 Å². The van der Waals surface area contributed by atoms with Crippen LogP contribution in [-0.4, -0.2) is 44.9 Å². The second kappa shape index (κ2) is 9.47. The molecule has 0 spiro atoms. The predicted molar refractivity (Wildman–Crippen MR) is 115 cm³/mol. The molecule has 0 aliphatic carbocycles. The highest BCUT2D eigenvalue weighted by molar-refractivity contribution is 5.82. The minimum absolute atomic E-state index is 0.0700. The number of ether oxygens (including phenoxy) is 1. The van der Waals surface area contributed by atoms with Crippen LogP contribution in [0.15, 0.2) is 60.9 Å². The number of benzene rings is 2. The van der Waals surface area contributed by atoms with Crippen molar-refractivity contribution >= 4 is 5.91 Å². The van der Waals surface area contributed by atoms with E-state index >= 15 is 0 Å². The first-order chi connectivity index (χ1) is 15.2. The topological polar surface area (TPSA) is 96.6 Å². The molecule has 2 unspecified atom stereocenters. The number of amides is 1. The van der Waals surface area contributed by atoms with E-state index in [2.05, 4.69) is 22.1 Å². The molecule has 31 heavy (non-hydrogen) atoms. The maximum atomic E-state index is 10.9. The number of β-lactam (4-membered cyclic amide) rings is 1.